The molecule has 0 aliphatic carbocycles. The lowest BCUT2D eigenvalue weighted by Gasteiger charge is -2.20. The van der Waals surface area contributed by atoms with E-state index in [-0.39, 0.29) is 0 Å². The molecule has 0 spiro atoms. The van der Waals surface area contributed by atoms with Crippen LogP contribution in [0.25, 0.3) is 33.3 Å². The predicted molar refractivity (Wildman–Crippen MR) is 174 cm³/mol. The second-order valence-electron chi connectivity index (χ2n) is 11.0. The van der Waals surface area contributed by atoms with Crippen molar-refractivity contribution in [3.8, 4) is 11.4 Å². The Bertz CT molecular complexity index is 1920. The SMILES string of the molecule is Cc1cc(N(C)c2ccc3nc(-c4ccc(Nc5ccnc6ccc(N7CCC(F)(P)C7)cc56)cc4)[nH]c3c2)ccn1. The molecule has 0 amide bonds. The molecular formula is C33H31FN7P. The summed E-state index contributed by atoms with van der Waals surface area (Å²) in [5, 5.41) is 3.32. The summed E-state index contributed by atoms with van der Waals surface area (Å²) in [6.45, 7) is 3.06. The number of nitrogens with zero attached hydrogens (tertiary/aromatic N) is 5. The number of imidazole rings is 1. The average molecular weight is 576 g/mol. The van der Waals surface area contributed by atoms with Crippen molar-refractivity contribution in [3.05, 3.63) is 97.0 Å². The van der Waals surface area contributed by atoms with Crippen LogP contribution in [0.5, 0.6) is 0 Å². The van der Waals surface area contributed by atoms with Crippen LogP contribution >= 0.6 is 9.24 Å². The van der Waals surface area contributed by atoms with Gasteiger partial charge in [-0.25, -0.2) is 9.37 Å². The number of benzene rings is 3. The maximum atomic E-state index is 14.5. The maximum absolute atomic E-state index is 14.5. The topological polar surface area (TPSA) is 73.0 Å². The van der Waals surface area contributed by atoms with Crippen molar-refractivity contribution in [2.24, 2.45) is 0 Å². The highest BCUT2D eigenvalue weighted by Gasteiger charge is 2.33. The van der Waals surface area contributed by atoms with Gasteiger partial charge in [0.25, 0.3) is 0 Å². The second kappa shape index (κ2) is 10.4. The molecule has 2 N–H and O–H groups in total. The smallest absolute Gasteiger partial charge is 0.142 e. The number of halogens is 1. The third-order valence-electron chi connectivity index (χ3n) is 7.90. The molecule has 2 unspecified atom stereocenters. The first-order chi connectivity index (χ1) is 20.3. The molecule has 7 rings (SSSR count). The van der Waals surface area contributed by atoms with Crippen LogP contribution in [0, 0.1) is 6.92 Å². The van der Waals surface area contributed by atoms with E-state index in [1.807, 2.05) is 43.5 Å². The summed E-state index contributed by atoms with van der Waals surface area (Å²) < 4.78 is 14.5. The van der Waals surface area contributed by atoms with Gasteiger partial charge in [-0.15, -0.1) is 0 Å². The molecule has 3 aromatic carbocycles. The van der Waals surface area contributed by atoms with Gasteiger partial charge < -0.3 is 20.1 Å². The molecule has 2 atom stereocenters. The van der Waals surface area contributed by atoms with E-state index < -0.39 is 5.41 Å². The molecule has 7 nitrogen and oxygen atoms in total. The van der Waals surface area contributed by atoms with Crippen LogP contribution in [0.3, 0.4) is 0 Å². The van der Waals surface area contributed by atoms with Gasteiger partial charge >= 0.3 is 0 Å². The van der Waals surface area contributed by atoms with Gasteiger partial charge in [-0.2, -0.15) is 0 Å². The van der Waals surface area contributed by atoms with Gasteiger partial charge in [-0.1, -0.05) is 9.24 Å². The summed E-state index contributed by atoms with van der Waals surface area (Å²) in [5.41, 5.74) is 9.84. The van der Waals surface area contributed by atoms with Crippen molar-refractivity contribution in [2.45, 2.75) is 18.8 Å². The zero-order chi connectivity index (χ0) is 28.8. The molecule has 4 heterocycles. The molecule has 1 aliphatic rings. The molecule has 0 bridgehead atoms. The number of fused-ring (bicyclic) bond motifs is 2. The minimum absolute atomic E-state index is 0.373. The van der Waals surface area contributed by atoms with Crippen LogP contribution in [-0.2, 0) is 0 Å². The zero-order valence-corrected chi connectivity index (χ0v) is 24.6. The van der Waals surface area contributed by atoms with Crippen molar-refractivity contribution in [2.75, 3.05) is 35.3 Å². The normalized spacial score (nSPS) is 16.8. The highest BCUT2D eigenvalue weighted by atomic mass is 31.0. The molecule has 1 saturated heterocycles. The lowest BCUT2D eigenvalue weighted by molar-refractivity contribution is 0.318. The van der Waals surface area contributed by atoms with E-state index in [1.165, 1.54) is 0 Å². The van der Waals surface area contributed by atoms with E-state index in [2.05, 4.69) is 94.9 Å². The summed E-state index contributed by atoms with van der Waals surface area (Å²) in [5.74, 6) is 0.818. The maximum Gasteiger partial charge on any atom is 0.142 e. The summed E-state index contributed by atoms with van der Waals surface area (Å²) in [4.78, 5) is 21.4. The Labute approximate surface area is 246 Å². The van der Waals surface area contributed by atoms with Crippen LogP contribution in [0.15, 0.2) is 91.3 Å². The van der Waals surface area contributed by atoms with Gasteiger partial charge in [-0.3, -0.25) is 9.97 Å². The fourth-order valence-corrected chi connectivity index (χ4v) is 5.90. The Morgan fingerprint density at radius 1 is 0.929 bits per heavy atom. The number of H-pyrrole nitrogens is 1. The molecule has 9 heteroatoms. The predicted octanol–water partition coefficient (Wildman–Crippen LogP) is 7.74. The van der Waals surface area contributed by atoms with Crippen molar-refractivity contribution < 1.29 is 4.39 Å². The summed E-state index contributed by atoms with van der Waals surface area (Å²) in [6, 6.07) is 26.6. The number of nitrogens with one attached hydrogen (secondary N) is 2. The standard InChI is InChI=1S/C33H31FN7P/c1-21-17-25(11-14-35-21)40(2)24-7-10-30-31(19-24)39-32(38-30)22-3-5-23(6-4-22)37-29-12-15-36-28-9-8-26(18-27(28)29)41-16-13-33(34,42)20-41/h3-12,14-15,17-19H,13,16,20,42H2,1-2H3,(H,36,37)(H,38,39). The first kappa shape index (κ1) is 26.4. The van der Waals surface area contributed by atoms with Crippen molar-refractivity contribution >= 4 is 59.6 Å². The first-order valence-corrected chi connectivity index (χ1v) is 14.5. The number of aromatic amines is 1. The Hall–Kier alpha value is -4.55. The van der Waals surface area contributed by atoms with Crippen molar-refractivity contribution in [1.82, 2.24) is 19.9 Å². The molecule has 210 valence electrons. The summed E-state index contributed by atoms with van der Waals surface area (Å²) in [7, 11) is 4.41. The van der Waals surface area contributed by atoms with E-state index in [1.54, 1.807) is 6.20 Å². The second-order valence-corrected chi connectivity index (χ2v) is 12.0. The number of alkyl halides is 1. The highest BCUT2D eigenvalue weighted by Crippen LogP contribution is 2.37. The van der Waals surface area contributed by atoms with E-state index >= 15 is 0 Å². The highest BCUT2D eigenvalue weighted by molar-refractivity contribution is 7.18. The van der Waals surface area contributed by atoms with Crippen molar-refractivity contribution in [3.63, 3.8) is 0 Å². The lowest BCUT2D eigenvalue weighted by atomic mass is 10.1. The number of aromatic nitrogens is 4. The van der Waals surface area contributed by atoms with Crippen LogP contribution in [-0.4, -0.2) is 45.5 Å². The largest absolute Gasteiger partial charge is 0.368 e. The van der Waals surface area contributed by atoms with E-state index in [4.69, 9.17) is 4.98 Å². The fourth-order valence-electron chi connectivity index (χ4n) is 5.55. The Morgan fingerprint density at radius 2 is 1.71 bits per heavy atom. The molecule has 0 saturated carbocycles. The number of hydrogen-bond donors (Lipinski definition) is 2. The Balaban J connectivity index is 1.12. The van der Waals surface area contributed by atoms with Crippen LogP contribution in [0.4, 0.5) is 32.8 Å². The van der Waals surface area contributed by atoms with E-state index in [9.17, 15) is 4.39 Å². The summed E-state index contributed by atoms with van der Waals surface area (Å²) >= 11 is 0. The van der Waals surface area contributed by atoms with E-state index in [0.717, 1.165) is 67.5 Å². The Kier molecular flexibility index (Phi) is 6.51. The van der Waals surface area contributed by atoms with Crippen molar-refractivity contribution in [1.29, 1.82) is 0 Å². The van der Waals surface area contributed by atoms with Gasteiger partial charge in [0, 0.05) is 77.5 Å². The monoisotopic (exact) mass is 575 g/mol. The van der Waals surface area contributed by atoms with Gasteiger partial charge in [0.2, 0.25) is 0 Å². The van der Waals surface area contributed by atoms with Crippen LogP contribution < -0.4 is 15.1 Å². The molecule has 42 heavy (non-hydrogen) atoms. The van der Waals surface area contributed by atoms with Gasteiger partial charge in [0.1, 0.15) is 11.2 Å². The number of rotatable bonds is 6. The van der Waals surface area contributed by atoms with E-state index in [0.29, 0.717) is 19.5 Å². The van der Waals surface area contributed by atoms with Gasteiger partial charge in [0.05, 0.1) is 23.1 Å². The summed E-state index contributed by atoms with van der Waals surface area (Å²) in [6.07, 6.45) is 4.14. The number of aryl methyl sites for hydroxylation is 1. The molecule has 0 radical (unpaired) electrons. The molecule has 1 aliphatic heterocycles. The van der Waals surface area contributed by atoms with Crippen LogP contribution in [0.2, 0.25) is 0 Å². The zero-order valence-electron chi connectivity index (χ0n) is 23.5. The average Bonchev–Trinajstić information content (AvgIpc) is 3.59. The van der Waals surface area contributed by atoms with Gasteiger partial charge in [-0.05, 0) is 85.8 Å². The quantitative estimate of drug-likeness (QED) is 0.198. The van der Waals surface area contributed by atoms with Crippen LogP contribution in [0.1, 0.15) is 12.1 Å². The molecule has 1 fully saturated rings. The van der Waals surface area contributed by atoms with Gasteiger partial charge in [0.15, 0.2) is 0 Å². The minimum atomic E-state index is -1.23. The number of hydrogen-bond acceptors (Lipinski definition) is 6. The molecular weight excluding hydrogens is 544 g/mol. The number of pyridine rings is 2. The minimum Gasteiger partial charge on any atom is -0.368 e. The number of anilines is 5. The Morgan fingerprint density at radius 3 is 2.50 bits per heavy atom. The lowest BCUT2D eigenvalue weighted by Crippen LogP contribution is -2.23. The third-order valence-corrected chi connectivity index (χ3v) is 8.37. The molecule has 3 aromatic heterocycles. The fraction of sp³-hybridized carbons (Fsp3) is 0.182. The first-order valence-electron chi connectivity index (χ1n) is 14.0. The third kappa shape index (κ3) is 5.14. The molecule has 6 aromatic rings.